The lowest BCUT2D eigenvalue weighted by molar-refractivity contribution is -0.139. The van der Waals surface area contributed by atoms with Crippen LogP contribution in [0.3, 0.4) is 0 Å². The van der Waals surface area contributed by atoms with Crippen LogP contribution in [0.1, 0.15) is 11.1 Å². The van der Waals surface area contributed by atoms with Crippen LogP contribution >= 0.6 is 23.2 Å². The molecule has 2 amide bonds. The maximum atomic E-state index is 14.5. The number of carbonyl (C=O) groups excluding carboxylic acids is 2. The van der Waals surface area contributed by atoms with Crippen molar-refractivity contribution in [3.8, 4) is 11.5 Å². The maximum Gasteiger partial charge on any atom is 0.264 e. The van der Waals surface area contributed by atoms with Gasteiger partial charge in [-0.05, 0) is 47.5 Å². The molecule has 0 aliphatic rings. The quantitative estimate of drug-likeness (QED) is 0.199. The highest BCUT2D eigenvalue weighted by Crippen LogP contribution is 2.36. The molecule has 0 saturated carbocycles. The smallest absolute Gasteiger partial charge is 0.264 e. The second kappa shape index (κ2) is 15.2. The van der Waals surface area contributed by atoms with Gasteiger partial charge in [-0.2, -0.15) is 0 Å². The van der Waals surface area contributed by atoms with E-state index in [0.717, 1.165) is 9.87 Å². The van der Waals surface area contributed by atoms with Crippen LogP contribution in [0.15, 0.2) is 102 Å². The molecule has 0 bridgehead atoms. The lowest BCUT2D eigenvalue weighted by Crippen LogP contribution is -2.53. The van der Waals surface area contributed by atoms with Gasteiger partial charge < -0.3 is 19.7 Å². The van der Waals surface area contributed by atoms with Gasteiger partial charge in [0.15, 0.2) is 0 Å². The summed E-state index contributed by atoms with van der Waals surface area (Å²) < 4.78 is 40.3. The fraction of sp³-hybridized carbons (Fsp3) is 0.212. The molecule has 4 aromatic rings. The number of halogens is 2. The number of nitrogens with zero attached hydrogens (tertiary/aromatic N) is 2. The van der Waals surface area contributed by atoms with Gasteiger partial charge in [-0.25, -0.2) is 8.42 Å². The van der Waals surface area contributed by atoms with Gasteiger partial charge in [-0.15, -0.1) is 0 Å². The Hall–Kier alpha value is -4.25. The molecule has 0 aliphatic carbocycles. The van der Waals surface area contributed by atoms with E-state index in [-0.39, 0.29) is 34.3 Å². The molecular weight excluding hydrogens is 637 g/mol. The molecule has 12 heteroatoms. The van der Waals surface area contributed by atoms with E-state index in [0.29, 0.717) is 16.3 Å². The fourth-order valence-electron chi connectivity index (χ4n) is 4.78. The Balaban J connectivity index is 1.85. The number of amides is 2. The maximum absolute atomic E-state index is 14.5. The zero-order valence-corrected chi connectivity index (χ0v) is 27.3. The van der Waals surface area contributed by atoms with Gasteiger partial charge in [0.25, 0.3) is 10.0 Å². The largest absolute Gasteiger partial charge is 0.497 e. The van der Waals surface area contributed by atoms with Gasteiger partial charge in [0.2, 0.25) is 11.8 Å². The Morgan fingerprint density at radius 2 is 1.49 bits per heavy atom. The van der Waals surface area contributed by atoms with Crippen LogP contribution in [0, 0.1) is 0 Å². The number of hydrogen-bond donors (Lipinski definition) is 1. The monoisotopic (exact) mass is 669 g/mol. The minimum absolute atomic E-state index is 0.0363. The topological polar surface area (TPSA) is 105 Å². The van der Waals surface area contributed by atoms with Crippen LogP contribution < -0.4 is 19.1 Å². The van der Waals surface area contributed by atoms with Gasteiger partial charge in [-0.3, -0.25) is 13.9 Å². The average molecular weight is 671 g/mol. The molecule has 236 valence electrons. The summed E-state index contributed by atoms with van der Waals surface area (Å²) in [7, 11) is 0.00588. The molecule has 0 fully saturated rings. The molecule has 0 spiro atoms. The standard InChI is InChI=1S/C33H33Cl2N3O6S/c1-36-33(40)30(19-23-10-6-4-7-11-23)37(21-24-14-16-27(34)28(35)18-24)32(39)22-38(45(41,42)26-12-8-5-9-13-26)29-20-25(43-2)15-17-31(29)44-3/h4-18,20,30H,19,21-22H2,1-3H3,(H,36,40)/t30-/m0/s1. The molecule has 1 atom stereocenters. The summed E-state index contributed by atoms with van der Waals surface area (Å²) in [5.74, 6) is -0.517. The SMILES string of the molecule is CNC(=O)[C@H](Cc1ccccc1)N(Cc1ccc(Cl)c(Cl)c1)C(=O)CN(c1cc(OC)ccc1OC)S(=O)(=O)c1ccccc1. The summed E-state index contributed by atoms with van der Waals surface area (Å²) in [6, 6.07) is 25.5. The lowest BCUT2D eigenvalue weighted by atomic mass is 10.0. The predicted octanol–water partition coefficient (Wildman–Crippen LogP) is 5.59. The Kier molecular flexibility index (Phi) is 11.3. The van der Waals surface area contributed by atoms with Gasteiger partial charge >= 0.3 is 0 Å². The van der Waals surface area contributed by atoms with Crippen molar-refractivity contribution in [1.82, 2.24) is 10.2 Å². The number of likely N-dealkylation sites (N-methyl/N-ethyl adjacent to an activating group) is 1. The molecule has 0 unspecified atom stereocenters. The van der Waals surface area contributed by atoms with Crippen LogP contribution in [0.4, 0.5) is 5.69 Å². The van der Waals surface area contributed by atoms with Crippen LogP contribution in [0.25, 0.3) is 0 Å². The summed E-state index contributed by atoms with van der Waals surface area (Å²) in [6.07, 6.45) is 0.168. The molecular formula is C33H33Cl2N3O6S. The van der Waals surface area contributed by atoms with Crippen LogP contribution in [-0.2, 0) is 32.6 Å². The van der Waals surface area contributed by atoms with Gasteiger partial charge in [0, 0.05) is 26.1 Å². The molecule has 0 aromatic heterocycles. The van der Waals surface area contributed by atoms with Crippen molar-refractivity contribution < 1.29 is 27.5 Å². The molecule has 45 heavy (non-hydrogen) atoms. The number of methoxy groups -OCH3 is 2. The highest BCUT2D eigenvalue weighted by atomic mass is 35.5. The van der Waals surface area contributed by atoms with E-state index in [1.807, 2.05) is 30.3 Å². The number of benzene rings is 4. The lowest BCUT2D eigenvalue weighted by Gasteiger charge is -2.34. The summed E-state index contributed by atoms with van der Waals surface area (Å²) in [6.45, 7) is -0.723. The van der Waals surface area contributed by atoms with E-state index in [2.05, 4.69) is 5.32 Å². The van der Waals surface area contributed by atoms with Crippen molar-refractivity contribution in [3.05, 3.63) is 118 Å². The summed E-state index contributed by atoms with van der Waals surface area (Å²) in [5, 5.41) is 3.26. The third-order valence-electron chi connectivity index (χ3n) is 7.12. The Morgan fingerprint density at radius 3 is 2.09 bits per heavy atom. The molecule has 0 radical (unpaired) electrons. The number of sulfonamides is 1. The van der Waals surface area contributed by atoms with Crippen molar-refractivity contribution in [3.63, 3.8) is 0 Å². The first-order valence-corrected chi connectivity index (χ1v) is 16.1. The van der Waals surface area contributed by atoms with Crippen molar-refractivity contribution in [2.75, 3.05) is 32.1 Å². The zero-order chi connectivity index (χ0) is 32.6. The first-order valence-electron chi connectivity index (χ1n) is 13.9. The summed E-state index contributed by atoms with van der Waals surface area (Å²) in [4.78, 5) is 29.2. The zero-order valence-electron chi connectivity index (χ0n) is 24.9. The van der Waals surface area contributed by atoms with E-state index in [1.165, 1.54) is 44.4 Å². The van der Waals surface area contributed by atoms with Crippen molar-refractivity contribution in [2.24, 2.45) is 0 Å². The minimum atomic E-state index is -4.32. The van der Waals surface area contributed by atoms with Crippen LogP contribution in [-0.4, -0.2) is 59.0 Å². The molecule has 9 nitrogen and oxygen atoms in total. The molecule has 4 aromatic carbocycles. The Labute approximate surface area is 273 Å². The van der Waals surface area contributed by atoms with E-state index in [4.69, 9.17) is 32.7 Å². The van der Waals surface area contributed by atoms with E-state index in [9.17, 15) is 18.0 Å². The molecule has 0 heterocycles. The van der Waals surface area contributed by atoms with E-state index < -0.39 is 34.4 Å². The van der Waals surface area contributed by atoms with E-state index in [1.54, 1.807) is 48.5 Å². The first-order chi connectivity index (χ1) is 21.6. The second-order valence-electron chi connectivity index (χ2n) is 9.95. The Bertz CT molecular complexity index is 1740. The molecule has 1 N–H and O–H groups in total. The summed E-state index contributed by atoms with van der Waals surface area (Å²) >= 11 is 12.5. The predicted molar refractivity (Wildman–Crippen MR) is 176 cm³/mol. The third kappa shape index (κ3) is 8.08. The van der Waals surface area contributed by atoms with Crippen LogP contribution in [0.2, 0.25) is 10.0 Å². The number of ether oxygens (including phenoxy) is 2. The number of rotatable bonds is 13. The van der Waals surface area contributed by atoms with Gasteiger partial charge in [0.1, 0.15) is 24.1 Å². The fourth-order valence-corrected chi connectivity index (χ4v) is 6.54. The van der Waals surface area contributed by atoms with Crippen molar-refractivity contribution >= 4 is 50.7 Å². The molecule has 0 saturated heterocycles. The van der Waals surface area contributed by atoms with Crippen molar-refractivity contribution in [2.45, 2.75) is 23.9 Å². The average Bonchev–Trinajstić information content (AvgIpc) is 3.06. The van der Waals surface area contributed by atoms with E-state index >= 15 is 0 Å². The van der Waals surface area contributed by atoms with Crippen LogP contribution in [0.5, 0.6) is 11.5 Å². The normalized spacial score (nSPS) is 11.8. The minimum Gasteiger partial charge on any atom is -0.497 e. The molecule has 0 aliphatic heterocycles. The number of anilines is 1. The first kappa shape index (κ1) is 33.6. The van der Waals surface area contributed by atoms with Gasteiger partial charge in [0.05, 0.1) is 34.8 Å². The summed E-state index contributed by atoms with van der Waals surface area (Å²) in [5.41, 5.74) is 1.49. The van der Waals surface area contributed by atoms with Crippen molar-refractivity contribution in [1.29, 1.82) is 0 Å². The number of nitrogens with one attached hydrogen (secondary N) is 1. The Morgan fingerprint density at radius 1 is 0.822 bits per heavy atom. The number of carbonyl (C=O) groups is 2. The van der Waals surface area contributed by atoms with Gasteiger partial charge in [-0.1, -0.05) is 77.8 Å². The highest BCUT2D eigenvalue weighted by Gasteiger charge is 2.35. The molecule has 4 rings (SSSR count). The second-order valence-corrected chi connectivity index (χ2v) is 12.6. The highest BCUT2D eigenvalue weighted by molar-refractivity contribution is 7.92. The third-order valence-corrected chi connectivity index (χ3v) is 9.63. The number of hydrogen-bond acceptors (Lipinski definition) is 6.